The Morgan fingerprint density at radius 1 is 1.80 bits per heavy atom. The maximum atomic E-state index is 10.4. The van der Waals surface area contributed by atoms with Gasteiger partial charge in [0.1, 0.15) is 0 Å². The third kappa shape index (κ3) is 2.35. The number of rotatable bonds is 3. The second kappa shape index (κ2) is 3.56. The van der Waals surface area contributed by atoms with Crippen molar-refractivity contribution in [1.82, 2.24) is 10.6 Å². The minimum absolute atomic E-state index is 0.0688. The average molecular weight is 142 g/mol. The van der Waals surface area contributed by atoms with Crippen molar-refractivity contribution < 1.29 is 4.79 Å². The average Bonchev–Trinajstić information content (AvgIpc) is 1.75. The molecule has 0 spiro atoms. The van der Waals surface area contributed by atoms with Crippen molar-refractivity contribution in [3.05, 3.63) is 0 Å². The Labute approximate surface area is 61.2 Å². The van der Waals surface area contributed by atoms with E-state index in [1.807, 2.05) is 0 Å². The van der Waals surface area contributed by atoms with Crippen molar-refractivity contribution in [2.45, 2.75) is 25.8 Å². The van der Waals surface area contributed by atoms with Crippen molar-refractivity contribution in [3.63, 3.8) is 0 Å². The molecule has 0 aliphatic carbocycles. The van der Waals surface area contributed by atoms with E-state index < -0.39 is 0 Å². The molecule has 1 amide bonds. The first-order valence-electron chi connectivity index (χ1n) is 3.77. The number of amides is 1. The molecule has 0 bridgehead atoms. The third-order valence-electron chi connectivity index (χ3n) is 1.79. The van der Waals surface area contributed by atoms with Crippen LogP contribution in [0.15, 0.2) is 0 Å². The molecule has 1 unspecified atom stereocenters. The van der Waals surface area contributed by atoms with E-state index in [2.05, 4.69) is 10.6 Å². The molecular weight excluding hydrogens is 128 g/mol. The summed E-state index contributed by atoms with van der Waals surface area (Å²) < 4.78 is 0. The fourth-order valence-electron chi connectivity index (χ4n) is 1.02. The minimum atomic E-state index is 0.0688. The molecule has 0 aromatic rings. The normalized spacial score (nSPS) is 23.5. The van der Waals surface area contributed by atoms with E-state index in [0.717, 1.165) is 19.5 Å². The van der Waals surface area contributed by atoms with E-state index in [0.29, 0.717) is 6.04 Å². The Morgan fingerprint density at radius 2 is 2.50 bits per heavy atom. The number of hydrogen-bond donors (Lipinski definition) is 2. The van der Waals surface area contributed by atoms with Crippen LogP contribution in [-0.2, 0) is 4.79 Å². The highest BCUT2D eigenvalue weighted by atomic mass is 16.1. The van der Waals surface area contributed by atoms with Crippen molar-refractivity contribution >= 4 is 5.91 Å². The maximum absolute atomic E-state index is 10.4. The molecule has 0 radical (unpaired) electrons. The van der Waals surface area contributed by atoms with Crippen LogP contribution in [0.1, 0.15) is 19.8 Å². The molecule has 3 heteroatoms. The van der Waals surface area contributed by atoms with Crippen LogP contribution in [0.3, 0.4) is 0 Å². The third-order valence-corrected chi connectivity index (χ3v) is 1.79. The van der Waals surface area contributed by atoms with Gasteiger partial charge in [-0.1, -0.05) is 0 Å². The largest absolute Gasteiger partial charge is 0.356 e. The SMILES string of the molecule is CC(=O)NCCC1CCN1. The summed E-state index contributed by atoms with van der Waals surface area (Å²) in [4.78, 5) is 10.4. The van der Waals surface area contributed by atoms with Crippen molar-refractivity contribution in [1.29, 1.82) is 0 Å². The van der Waals surface area contributed by atoms with Crippen LogP contribution in [0.2, 0.25) is 0 Å². The van der Waals surface area contributed by atoms with Crippen LogP contribution < -0.4 is 10.6 Å². The van der Waals surface area contributed by atoms with E-state index in [1.165, 1.54) is 6.42 Å². The molecule has 1 rings (SSSR count). The minimum Gasteiger partial charge on any atom is -0.356 e. The standard InChI is InChI=1S/C7H14N2O/c1-6(10)8-4-2-7-3-5-9-7/h7,9H,2-5H2,1H3,(H,8,10). The molecule has 1 heterocycles. The van der Waals surface area contributed by atoms with E-state index in [1.54, 1.807) is 6.92 Å². The van der Waals surface area contributed by atoms with Gasteiger partial charge in [0, 0.05) is 19.5 Å². The van der Waals surface area contributed by atoms with Gasteiger partial charge in [0.05, 0.1) is 0 Å². The van der Waals surface area contributed by atoms with E-state index in [-0.39, 0.29) is 5.91 Å². The Bertz CT molecular complexity index is 121. The molecule has 1 saturated heterocycles. The Hall–Kier alpha value is -0.570. The van der Waals surface area contributed by atoms with Crippen molar-refractivity contribution in [2.24, 2.45) is 0 Å². The molecular formula is C7H14N2O. The fraction of sp³-hybridized carbons (Fsp3) is 0.857. The highest BCUT2D eigenvalue weighted by Crippen LogP contribution is 2.04. The van der Waals surface area contributed by atoms with Crippen LogP contribution in [0.4, 0.5) is 0 Å². The monoisotopic (exact) mass is 142 g/mol. The summed E-state index contributed by atoms with van der Waals surface area (Å²) in [5, 5.41) is 6.03. The summed E-state index contributed by atoms with van der Waals surface area (Å²) in [6.45, 7) is 3.51. The zero-order valence-corrected chi connectivity index (χ0v) is 6.31. The van der Waals surface area contributed by atoms with E-state index in [4.69, 9.17) is 0 Å². The Balaban J connectivity index is 1.89. The summed E-state index contributed by atoms with van der Waals surface area (Å²) >= 11 is 0. The van der Waals surface area contributed by atoms with Crippen LogP contribution in [0.25, 0.3) is 0 Å². The highest BCUT2D eigenvalue weighted by Gasteiger charge is 2.14. The van der Waals surface area contributed by atoms with Gasteiger partial charge in [-0.15, -0.1) is 0 Å². The quantitative estimate of drug-likeness (QED) is 0.576. The molecule has 0 aromatic heterocycles. The summed E-state index contributed by atoms with van der Waals surface area (Å²) in [6.07, 6.45) is 2.33. The van der Waals surface area contributed by atoms with Crippen LogP contribution in [0.5, 0.6) is 0 Å². The zero-order chi connectivity index (χ0) is 7.40. The number of nitrogens with one attached hydrogen (secondary N) is 2. The lowest BCUT2D eigenvalue weighted by molar-refractivity contribution is -0.118. The van der Waals surface area contributed by atoms with Gasteiger partial charge >= 0.3 is 0 Å². The second-order valence-corrected chi connectivity index (χ2v) is 2.71. The topological polar surface area (TPSA) is 41.1 Å². The lowest BCUT2D eigenvalue weighted by Crippen LogP contribution is -2.44. The molecule has 0 aromatic carbocycles. The van der Waals surface area contributed by atoms with E-state index in [9.17, 15) is 4.79 Å². The zero-order valence-electron chi connectivity index (χ0n) is 6.31. The maximum Gasteiger partial charge on any atom is 0.216 e. The van der Waals surface area contributed by atoms with Gasteiger partial charge in [-0.05, 0) is 19.4 Å². The van der Waals surface area contributed by atoms with Crippen LogP contribution in [0, 0.1) is 0 Å². The Morgan fingerprint density at radius 3 is 2.90 bits per heavy atom. The first-order chi connectivity index (χ1) is 4.79. The molecule has 1 atom stereocenters. The summed E-state index contributed by atoms with van der Waals surface area (Å²) in [7, 11) is 0. The van der Waals surface area contributed by atoms with Gasteiger partial charge in [0.25, 0.3) is 0 Å². The predicted octanol–water partition coefficient (Wildman–Crippen LogP) is -0.126. The summed E-state index contributed by atoms with van der Waals surface area (Å²) in [6, 6.07) is 0.659. The summed E-state index contributed by atoms with van der Waals surface area (Å²) in [5.74, 6) is 0.0688. The van der Waals surface area contributed by atoms with Gasteiger partial charge in [-0.25, -0.2) is 0 Å². The van der Waals surface area contributed by atoms with Crippen molar-refractivity contribution in [2.75, 3.05) is 13.1 Å². The lowest BCUT2D eigenvalue weighted by Gasteiger charge is -2.27. The van der Waals surface area contributed by atoms with Crippen molar-refractivity contribution in [3.8, 4) is 0 Å². The molecule has 2 N–H and O–H groups in total. The van der Waals surface area contributed by atoms with Gasteiger partial charge in [0.2, 0.25) is 5.91 Å². The smallest absolute Gasteiger partial charge is 0.216 e. The van der Waals surface area contributed by atoms with Gasteiger partial charge in [0.15, 0.2) is 0 Å². The molecule has 3 nitrogen and oxygen atoms in total. The number of carbonyl (C=O) groups excluding carboxylic acids is 1. The molecule has 1 aliphatic rings. The van der Waals surface area contributed by atoms with Crippen LogP contribution in [-0.4, -0.2) is 25.0 Å². The molecule has 0 saturated carbocycles. The first-order valence-corrected chi connectivity index (χ1v) is 3.77. The second-order valence-electron chi connectivity index (χ2n) is 2.71. The Kier molecular flexibility index (Phi) is 2.68. The molecule has 1 fully saturated rings. The lowest BCUT2D eigenvalue weighted by atomic mass is 10.0. The van der Waals surface area contributed by atoms with Crippen LogP contribution >= 0.6 is 0 Å². The number of hydrogen-bond acceptors (Lipinski definition) is 2. The van der Waals surface area contributed by atoms with Gasteiger partial charge in [-0.2, -0.15) is 0 Å². The molecule has 1 aliphatic heterocycles. The molecule has 10 heavy (non-hydrogen) atoms. The first kappa shape index (κ1) is 7.54. The van der Waals surface area contributed by atoms with Gasteiger partial charge in [-0.3, -0.25) is 4.79 Å². The molecule has 58 valence electrons. The number of carbonyl (C=O) groups is 1. The summed E-state index contributed by atoms with van der Waals surface area (Å²) in [5.41, 5.74) is 0. The highest BCUT2D eigenvalue weighted by molar-refractivity contribution is 5.72. The van der Waals surface area contributed by atoms with Gasteiger partial charge < -0.3 is 10.6 Å². The fourth-order valence-corrected chi connectivity index (χ4v) is 1.02. The van der Waals surface area contributed by atoms with E-state index >= 15 is 0 Å². The predicted molar refractivity (Wildman–Crippen MR) is 39.7 cm³/mol.